The van der Waals surface area contributed by atoms with Gasteiger partial charge in [0, 0.05) is 64.8 Å². The second-order valence-electron chi connectivity index (χ2n) is 12.4. The van der Waals surface area contributed by atoms with Crippen LogP contribution in [0.25, 0.3) is 32.8 Å². The molecule has 0 amide bonds. The first-order valence-electron chi connectivity index (χ1n) is 15.9. The lowest BCUT2D eigenvalue weighted by Crippen LogP contribution is -2.31. The van der Waals surface area contributed by atoms with Gasteiger partial charge in [-0.1, -0.05) is 97.1 Å². The molecule has 3 heterocycles. The Morgan fingerprint density at radius 1 is 0.646 bits per heavy atom. The molecule has 0 saturated carbocycles. The molecule has 8 rings (SSSR count). The van der Waals surface area contributed by atoms with Crippen molar-refractivity contribution >= 4 is 38.5 Å². The molecule has 0 saturated heterocycles. The first-order valence-corrected chi connectivity index (χ1v) is 15.9. The van der Waals surface area contributed by atoms with Crippen LogP contribution in [0.15, 0.2) is 155 Å². The lowest BCUT2D eigenvalue weighted by Gasteiger charge is -2.29. The van der Waals surface area contributed by atoms with E-state index in [2.05, 4.69) is 77.0 Å². The Balaban J connectivity index is 1.44. The maximum absolute atomic E-state index is 14.2. The zero-order chi connectivity index (χ0) is 32.8. The number of para-hydroxylation sites is 2. The summed E-state index contributed by atoms with van der Waals surface area (Å²) in [5.41, 5.74) is 5.39. The van der Waals surface area contributed by atoms with Crippen molar-refractivity contribution in [3.63, 3.8) is 0 Å². The molecule has 0 unspecified atom stereocenters. The number of benzene rings is 5. The second kappa shape index (κ2) is 11.5. The summed E-state index contributed by atoms with van der Waals surface area (Å²) in [7, 11) is 0. The van der Waals surface area contributed by atoms with Gasteiger partial charge in [0.2, 0.25) is 0 Å². The van der Waals surface area contributed by atoms with Gasteiger partial charge in [-0.25, -0.2) is 4.79 Å². The Hall–Kier alpha value is -6.21. The lowest BCUT2D eigenvalue weighted by atomic mass is 9.71. The van der Waals surface area contributed by atoms with E-state index in [9.17, 15) is 14.9 Å². The number of rotatable bonds is 8. The molecule has 0 radical (unpaired) electrons. The van der Waals surface area contributed by atoms with Crippen LogP contribution in [0.3, 0.4) is 0 Å². The van der Waals surface area contributed by atoms with Crippen molar-refractivity contribution < 1.29 is 9.34 Å². The van der Waals surface area contributed by atoms with Gasteiger partial charge in [0.1, 0.15) is 5.58 Å². The van der Waals surface area contributed by atoms with Gasteiger partial charge in [-0.05, 0) is 53.4 Å². The minimum atomic E-state index is -1.03. The maximum atomic E-state index is 14.2. The van der Waals surface area contributed by atoms with Crippen LogP contribution >= 0.6 is 0 Å². The first-order chi connectivity index (χ1) is 23.4. The number of hydrogen-bond donors (Lipinski definition) is 0. The molecule has 0 aliphatic rings. The Morgan fingerprint density at radius 2 is 1.15 bits per heavy atom. The normalized spacial score (nSPS) is 11.9. The van der Waals surface area contributed by atoms with Crippen molar-refractivity contribution in [2.75, 3.05) is 0 Å². The highest BCUT2D eigenvalue weighted by molar-refractivity contribution is 5.92. The molecule has 0 spiro atoms. The summed E-state index contributed by atoms with van der Waals surface area (Å²) in [6.07, 6.45) is 4.30. The number of non-ortho nitro benzene ring substituents is 1. The average molecular weight is 630 g/mol. The maximum Gasteiger partial charge on any atom is 0.340 e. The van der Waals surface area contributed by atoms with Crippen molar-refractivity contribution in [2.24, 2.45) is 0 Å². The fraction of sp³-hybridized carbons (Fsp3) is 0.0976. The smallest absolute Gasteiger partial charge is 0.340 e. The minimum absolute atomic E-state index is 0.0667. The van der Waals surface area contributed by atoms with Crippen LogP contribution in [0.2, 0.25) is 0 Å². The van der Waals surface area contributed by atoms with E-state index in [1.54, 1.807) is 6.07 Å². The predicted molar refractivity (Wildman–Crippen MR) is 190 cm³/mol. The molecule has 48 heavy (non-hydrogen) atoms. The fourth-order valence-electron chi connectivity index (χ4n) is 7.12. The number of hydrogen-bond acceptors (Lipinski definition) is 4. The molecule has 0 aliphatic carbocycles. The van der Waals surface area contributed by atoms with E-state index in [1.165, 1.54) is 18.2 Å². The highest BCUT2D eigenvalue weighted by Crippen LogP contribution is 2.46. The predicted octanol–water partition coefficient (Wildman–Crippen LogP) is 9.06. The molecule has 0 aliphatic heterocycles. The molecular weight excluding hydrogens is 598 g/mol. The molecule has 7 nitrogen and oxygen atoms in total. The summed E-state index contributed by atoms with van der Waals surface area (Å²) in [6.45, 7) is 3.36. The zero-order valence-corrected chi connectivity index (χ0v) is 26.2. The summed E-state index contributed by atoms with van der Waals surface area (Å²) >= 11 is 0. The van der Waals surface area contributed by atoms with Crippen molar-refractivity contribution in [3.8, 4) is 0 Å². The molecule has 0 bridgehead atoms. The van der Waals surface area contributed by atoms with Crippen molar-refractivity contribution in [3.05, 3.63) is 194 Å². The third-order valence-corrected chi connectivity index (χ3v) is 9.51. The van der Waals surface area contributed by atoms with Crippen molar-refractivity contribution in [2.45, 2.75) is 25.4 Å². The van der Waals surface area contributed by atoms with Crippen LogP contribution < -0.4 is 5.63 Å². The number of nitrogens with zero attached hydrogens (tertiary/aromatic N) is 3. The molecule has 8 aromatic rings. The second-order valence-corrected chi connectivity index (χ2v) is 12.4. The van der Waals surface area contributed by atoms with E-state index >= 15 is 0 Å². The largest absolute Gasteiger partial charge is 0.422 e. The van der Waals surface area contributed by atoms with E-state index in [-0.39, 0.29) is 5.69 Å². The third-order valence-electron chi connectivity index (χ3n) is 9.51. The van der Waals surface area contributed by atoms with Gasteiger partial charge < -0.3 is 13.6 Å². The van der Waals surface area contributed by atoms with Crippen LogP contribution in [-0.2, 0) is 18.5 Å². The fourth-order valence-corrected chi connectivity index (χ4v) is 7.12. The summed E-state index contributed by atoms with van der Waals surface area (Å²) in [4.78, 5) is 25.5. The summed E-state index contributed by atoms with van der Waals surface area (Å²) < 4.78 is 10.4. The van der Waals surface area contributed by atoms with E-state index in [0.29, 0.717) is 29.6 Å². The van der Waals surface area contributed by atoms with Gasteiger partial charge in [0.15, 0.2) is 0 Å². The number of nitro benzene ring substituents is 1. The Bertz CT molecular complexity index is 2410. The zero-order valence-electron chi connectivity index (χ0n) is 26.2. The number of fused-ring (bicyclic) bond motifs is 3. The van der Waals surface area contributed by atoms with Gasteiger partial charge >= 0.3 is 5.63 Å². The van der Waals surface area contributed by atoms with Crippen LogP contribution in [0.5, 0.6) is 0 Å². The van der Waals surface area contributed by atoms with E-state index in [4.69, 9.17) is 4.42 Å². The highest BCUT2D eigenvalue weighted by atomic mass is 16.6. The highest BCUT2D eigenvalue weighted by Gasteiger charge is 2.40. The third kappa shape index (κ3) is 4.88. The lowest BCUT2D eigenvalue weighted by molar-refractivity contribution is -0.384. The molecule has 234 valence electrons. The molecule has 0 N–H and O–H groups in total. The van der Waals surface area contributed by atoms with E-state index < -0.39 is 16.0 Å². The molecular formula is C41H31N3O4. The standard InChI is InChI=1S/C41H31N3O4/c1-41(34-23-30-22-31(44(46)47)20-21-39(30)48-40(34)45,35-26-42(24-28-12-4-2-5-13-28)37-18-10-8-16-32(35)37)36-27-43(25-29-14-6-3-7-15-29)38-19-11-9-17-33(36)38/h2-23,26-27H,24-25H2,1H3. The Morgan fingerprint density at radius 3 is 1.67 bits per heavy atom. The van der Waals surface area contributed by atoms with Crippen LogP contribution in [0.4, 0.5) is 5.69 Å². The first kappa shape index (κ1) is 29.2. The van der Waals surface area contributed by atoms with Crippen LogP contribution in [0.1, 0.15) is 34.7 Å². The summed E-state index contributed by atoms with van der Waals surface area (Å²) in [5.74, 6) is 0. The van der Waals surface area contributed by atoms with Gasteiger partial charge in [-0.15, -0.1) is 0 Å². The van der Waals surface area contributed by atoms with E-state index in [0.717, 1.165) is 44.1 Å². The summed E-state index contributed by atoms with van der Waals surface area (Å²) in [6, 6.07) is 43.2. The SMILES string of the molecule is CC(c1cc2cc([N+](=O)[O-])ccc2oc1=O)(c1cn(Cc2ccccc2)c2ccccc12)c1cn(Cc2ccccc2)c2ccccc12. The number of nitro groups is 1. The average Bonchev–Trinajstić information content (AvgIpc) is 3.67. The molecule has 5 aromatic carbocycles. The van der Waals surface area contributed by atoms with Gasteiger partial charge in [0.05, 0.1) is 15.9 Å². The van der Waals surface area contributed by atoms with Gasteiger partial charge in [0.25, 0.3) is 5.69 Å². The molecule has 7 heteroatoms. The topological polar surface area (TPSA) is 83.2 Å². The van der Waals surface area contributed by atoms with Crippen molar-refractivity contribution in [1.29, 1.82) is 0 Å². The Kier molecular flexibility index (Phi) is 7.03. The quantitative estimate of drug-likeness (QED) is 0.0954. The molecule has 0 fully saturated rings. The van der Waals surface area contributed by atoms with Crippen molar-refractivity contribution in [1.82, 2.24) is 9.13 Å². The molecule has 0 atom stereocenters. The van der Waals surface area contributed by atoms with Crippen LogP contribution in [0, 0.1) is 10.1 Å². The van der Waals surface area contributed by atoms with Gasteiger partial charge in [-0.2, -0.15) is 0 Å². The minimum Gasteiger partial charge on any atom is -0.422 e. The molecule has 3 aromatic heterocycles. The van der Waals surface area contributed by atoms with E-state index in [1.807, 2.05) is 60.7 Å². The summed E-state index contributed by atoms with van der Waals surface area (Å²) in [5, 5.41) is 14.3. The number of aromatic nitrogens is 2. The van der Waals surface area contributed by atoms with Crippen LogP contribution in [-0.4, -0.2) is 14.1 Å². The Labute approximate surface area is 276 Å². The monoisotopic (exact) mass is 629 g/mol. The van der Waals surface area contributed by atoms with Gasteiger partial charge in [-0.3, -0.25) is 10.1 Å².